The van der Waals surface area contributed by atoms with Crippen molar-refractivity contribution in [2.45, 2.75) is 13.3 Å². The second-order valence-electron chi connectivity index (χ2n) is 3.98. The van der Waals surface area contributed by atoms with Gasteiger partial charge in [-0.2, -0.15) is 0 Å². The number of carbonyl (C=O) groups excluding carboxylic acids is 1. The highest BCUT2D eigenvalue weighted by Gasteiger charge is 2.43. The first-order chi connectivity index (χ1) is 8.43. The van der Waals surface area contributed by atoms with Gasteiger partial charge in [0.25, 0.3) is 0 Å². The lowest BCUT2D eigenvalue weighted by Crippen LogP contribution is -2.39. The number of carboxylic acid groups (broad SMARTS) is 1. The molecule has 0 radical (unpaired) electrons. The van der Waals surface area contributed by atoms with Crippen LogP contribution in [0.2, 0.25) is 0 Å². The first-order valence-electron chi connectivity index (χ1n) is 5.25. The maximum absolute atomic E-state index is 11.6. The fourth-order valence-electron chi connectivity index (χ4n) is 1.49. The van der Waals surface area contributed by atoms with Gasteiger partial charge in [0, 0.05) is 18.2 Å². The Morgan fingerprint density at radius 3 is 2.56 bits per heavy atom. The van der Waals surface area contributed by atoms with Crippen LogP contribution in [0.4, 0.5) is 0 Å². The lowest BCUT2D eigenvalue weighted by atomic mass is 9.85. The second-order valence-corrected chi connectivity index (χ2v) is 3.98. The van der Waals surface area contributed by atoms with E-state index in [9.17, 15) is 9.59 Å². The minimum atomic E-state index is -1.66. The number of hydrogen-bond acceptors (Lipinski definition) is 5. The Labute approximate surface area is 105 Å². The lowest BCUT2D eigenvalue weighted by Gasteiger charge is -2.21. The van der Waals surface area contributed by atoms with Crippen LogP contribution in [0.1, 0.15) is 12.6 Å². The van der Waals surface area contributed by atoms with Gasteiger partial charge in [-0.1, -0.05) is 6.07 Å². The summed E-state index contributed by atoms with van der Waals surface area (Å²) in [5, 5.41) is 9.16. The number of carbonyl (C=O) groups is 2. The van der Waals surface area contributed by atoms with Crippen molar-refractivity contribution < 1.29 is 24.2 Å². The molecule has 0 fully saturated rings. The third-order valence-electron chi connectivity index (χ3n) is 2.63. The highest BCUT2D eigenvalue weighted by Crippen LogP contribution is 2.24. The normalized spacial score (nSPS) is 13.5. The Morgan fingerprint density at radius 1 is 1.39 bits per heavy atom. The van der Waals surface area contributed by atoms with Crippen LogP contribution in [0.25, 0.3) is 0 Å². The molecule has 0 amide bonds. The third kappa shape index (κ3) is 2.77. The molecule has 98 valence electrons. The van der Waals surface area contributed by atoms with Crippen molar-refractivity contribution in [1.82, 2.24) is 4.98 Å². The summed E-state index contributed by atoms with van der Waals surface area (Å²) in [6.07, 6.45) is -0.0633. The zero-order valence-corrected chi connectivity index (χ0v) is 10.5. The summed E-state index contributed by atoms with van der Waals surface area (Å²) >= 11 is 0. The molecule has 0 aromatic carbocycles. The monoisotopic (exact) mass is 253 g/mol. The predicted molar refractivity (Wildman–Crippen MR) is 62.3 cm³/mol. The molecular formula is C12H15NO5. The molecule has 0 bridgehead atoms. The van der Waals surface area contributed by atoms with E-state index in [1.54, 1.807) is 18.2 Å². The van der Waals surface area contributed by atoms with Crippen LogP contribution in [0, 0.1) is 5.41 Å². The van der Waals surface area contributed by atoms with E-state index in [0.29, 0.717) is 11.6 Å². The number of aromatic nitrogens is 1. The van der Waals surface area contributed by atoms with E-state index in [2.05, 4.69) is 9.72 Å². The van der Waals surface area contributed by atoms with Crippen LogP contribution in [0.3, 0.4) is 0 Å². The second kappa shape index (κ2) is 5.48. The van der Waals surface area contributed by atoms with Gasteiger partial charge in [-0.3, -0.25) is 9.59 Å². The number of rotatable bonds is 5. The quantitative estimate of drug-likeness (QED) is 0.619. The van der Waals surface area contributed by atoms with Crippen molar-refractivity contribution in [3.63, 3.8) is 0 Å². The number of aliphatic carboxylic acids is 1. The van der Waals surface area contributed by atoms with E-state index < -0.39 is 17.4 Å². The average molecular weight is 253 g/mol. The molecule has 1 unspecified atom stereocenters. The van der Waals surface area contributed by atoms with Gasteiger partial charge in [-0.15, -0.1) is 0 Å². The summed E-state index contributed by atoms with van der Waals surface area (Å²) in [4.78, 5) is 26.9. The molecule has 1 heterocycles. The van der Waals surface area contributed by atoms with Crippen LogP contribution in [0.15, 0.2) is 18.2 Å². The molecule has 1 aromatic heterocycles. The van der Waals surface area contributed by atoms with Gasteiger partial charge in [0.1, 0.15) is 0 Å². The van der Waals surface area contributed by atoms with E-state index >= 15 is 0 Å². The number of pyridine rings is 1. The average Bonchev–Trinajstić information content (AvgIpc) is 2.37. The third-order valence-corrected chi connectivity index (χ3v) is 2.63. The SMILES string of the molecule is COC(=O)C(C)(Cc1cccc(OC)n1)C(=O)O. The van der Waals surface area contributed by atoms with Crippen LogP contribution >= 0.6 is 0 Å². The first-order valence-corrected chi connectivity index (χ1v) is 5.25. The molecule has 0 aliphatic rings. The van der Waals surface area contributed by atoms with Crippen LogP contribution in [-0.2, 0) is 20.7 Å². The summed E-state index contributed by atoms with van der Waals surface area (Å²) in [6, 6.07) is 4.95. The maximum Gasteiger partial charge on any atom is 0.323 e. The highest BCUT2D eigenvalue weighted by molar-refractivity contribution is 5.98. The molecule has 1 N–H and O–H groups in total. The van der Waals surface area contributed by atoms with E-state index in [4.69, 9.17) is 9.84 Å². The van der Waals surface area contributed by atoms with E-state index in [0.717, 1.165) is 7.11 Å². The van der Waals surface area contributed by atoms with Crippen molar-refractivity contribution >= 4 is 11.9 Å². The Bertz CT molecular complexity index is 460. The van der Waals surface area contributed by atoms with Gasteiger partial charge in [0.15, 0.2) is 5.41 Å². The fourth-order valence-corrected chi connectivity index (χ4v) is 1.49. The Morgan fingerprint density at radius 2 is 2.06 bits per heavy atom. The van der Waals surface area contributed by atoms with Crippen molar-refractivity contribution in [2.75, 3.05) is 14.2 Å². The number of esters is 1. The molecule has 1 rings (SSSR count). The Kier molecular flexibility index (Phi) is 4.25. The van der Waals surface area contributed by atoms with Gasteiger partial charge in [-0.25, -0.2) is 4.98 Å². The van der Waals surface area contributed by atoms with Crippen LogP contribution in [0.5, 0.6) is 5.88 Å². The van der Waals surface area contributed by atoms with Crippen molar-refractivity contribution in [3.8, 4) is 5.88 Å². The number of methoxy groups -OCH3 is 2. The zero-order valence-electron chi connectivity index (χ0n) is 10.5. The minimum absolute atomic E-state index is 0.0633. The number of ether oxygens (including phenoxy) is 2. The molecule has 1 atom stereocenters. The summed E-state index contributed by atoms with van der Waals surface area (Å²) in [7, 11) is 2.62. The molecule has 0 spiro atoms. The standard InChI is InChI=1S/C12H15NO5/c1-12(10(14)15,11(16)18-3)7-8-5-4-6-9(13-8)17-2/h4-6H,7H2,1-3H3,(H,14,15). The zero-order chi connectivity index (χ0) is 13.8. The highest BCUT2D eigenvalue weighted by atomic mass is 16.5. The number of nitrogens with zero attached hydrogens (tertiary/aromatic N) is 1. The molecule has 0 aliphatic heterocycles. The summed E-state index contributed by atoms with van der Waals surface area (Å²) in [5.74, 6) is -1.69. The van der Waals surface area contributed by atoms with Crippen LogP contribution in [-0.4, -0.2) is 36.2 Å². The summed E-state index contributed by atoms with van der Waals surface area (Å²) < 4.78 is 9.47. The topological polar surface area (TPSA) is 85.7 Å². The van der Waals surface area contributed by atoms with Gasteiger partial charge in [0.05, 0.1) is 14.2 Å². The number of hydrogen-bond donors (Lipinski definition) is 1. The molecule has 18 heavy (non-hydrogen) atoms. The molecule has 0 saturated heterocycles. The Balaban J connectivity index is 3.03. The Hall–Kier alpha value is -2.11. The van der Waals surface area contributed by atoms with Crippen molar-refractivity contribution in [3.05, 3.63) is 23.9 Å². The largest absolute Gasteiger partial charge is 0.481 e. The smallest absolute Gasteiger partial charge is 0.323 e. The van der Waals surface area contributed by atoms with Gasteiger partial charge in [-0.05, 0) is 13.0 Å². The molecule has 0 saturated carbocycles. The molecular weight excluding hydrogens is 238 g/mol. The molecule has 6 nitrogen and oxygen atoms in total. The maximum atomic E-state index is 11.6. The number of carboxylic acids is 1. The minimum Gasteiger partial charge on any atom is -0.481 e. The molecule has 0 aliphatic carbocycles. The van der Waals surface area contributed by atoms with Gasteiger partial charge < -0.3 is 14.6 Å². The van der Waals surface area contributed by atoms with Crippen molar-refractivity contribution in [1.29, 1.82) is 0 Å². The van der Waals surface area contributed by atoms with E-state index in [1.807, 2.05) is 0 Å². The van der Waals surface area contributed by atoms with E-state index in [1.165, 1.54) is 14.0 Å². The molecule has 1 aromatic rings. The summed E-state index contributed by atoms with van der Waals surface area (Å²) in [6.45, 7) is 1.31. The van der Waals surface area contributed by atoms with Crippen LogP contribution < -0.4 is 4.74 Å². The van der Waals surface area contributed by atoms with Crippen molar-refractivity contribution in [2.24, 2.45) is 5.41 Å². The van der Waals surface area contributed by atoms with E-state index in [-0.39, 0.29) is 6.42 Å². The van der Waals surface area contributed by atoms with Gasteiger partial charge in [0.2, 0.25) is 5.88 Å². The predicted octanol–water partition coefficient (Wildman–Crippen LogP) is 0.897. The van der Waals surface area contributed by atoms with Gasteiger partial charge >= 0.3 is 11.9 Å². The first kappa shape index (κ1) is 14.0. The fraction of sp³-hybridized carbons (Fsp3) is 0.417. The molecule has 6 heteroatoms. The lowest BCUT2D eigenvalue weighted by molar-refractivity contribution is -0.165. The summed E-state index contributed by atoms with van der Waals surface area (Å²) in [5.41, 5.74) is -1.21.